The highest BCUT2D eigenvalue weighted by atomic mass is 32.2. The van der Waals surface area contributed by atoms with Crippen molar-refractivity contribution in [1.29, 1.82) is 0 Å². The van der Waals surface area contributed by atoms with E-state index in [1.807, 2.05) is 0 Å². The van der Waals surface area contributed by atoms with Crippen LogP contribution in [0.15, 0.2) is 28.8 Å². The van der Waals surface area contributed by atoms with Gasteiger partial charge in [-0.15, -0.1) is 0 Å². The second-order valence-corrected chi connectivity index (χ2v) is 5.77. The monoisotopic (exact) mass is 315 g/mol. The van der Waals surface area contributed by atoms with Crippen LogP contribution in [0.25, 0.3) is 11.4 Å². The molecule has 2 aromatic rings. The summed E-state index contributed by atoms with van der Waals surface area (Å²) in [5, 5.41) is 7.02. The van der Waals surface area contributed by atoms with Crippen LogP contribution in [0.3, 0.4) is 0 Å². The van der Waals surface area contributed by atoms with Crippen LogP contribution in [0.4, 0.5) is 13.2 Å². The number of alkyl halides is 3. The molecule has 1 aliphatic rings. The first-order valence-electron chi connectivity index (χ1n) is 6.36. The molecule has 0 amide bonds. The fourth-order valence-corrected chi connectivity index (χ4v) is 2.98. The maximum absolute atomic E-state index is 12.7. The number of nitrogens with one attached hydrogen (secondary N) is 1. The van der Waals surface area contributed by atoms with Gasteiger partial charge in [-0.1, -0.05) is 17.3 Å². The summed E-state index contributed by atoms with van der Waals surface area (Å²) in [6.45, 7) is 0.844. The molecule has 8 heteroatoms. The summed E-state index contributed by atoms with van der Waals surface area (Å²) >= 11 is 1.77. The lowest BCUT2D eigenvalue weighted by Crippen LogP contribution is -2.30. The Morgan fingerprint density at radius 3 is 2.90 bits per heavy atom. The van der Waals surface area contributed by atoms with Crippen molar-refractivity contribution in [2.45, 2.75) is 12.2 Å². The summed E-state index contributed by atoms with van der Waals surface area (Å²) < 4.78 is 43.3. The predicted molar refractivity (Wildman–Crippen MR) is 72.8 cm³/mol. The average molecular weight is 315 g/mol. The van der Waals surface area contributed by atoms with Gasteiger partial charge in [-0.3, -0.25) is 0 Å². The van der Waals surface area contributed by atoms with Gasteiger partial charge in [-0.2, -0.15) is 29.9 Å². The minimum Gasteiger partial charge on any atom is -0.337 e. The largest absolute Gasteiger partial charge is 0.416 e. The first-order chi connectivity index (χ1) is 10.0. The molecule has 1 aliphatic heterocycles. The highest BCUT2D eigenvalue weighted by Crippen LogP contribution is 2.32. The lowest BCUT2D eigenvalue weighted by Gasteiger charge is -2.19. The quantitative estimate of drug-likeness (QED) is 0.923. The Balaban J connectivity index is 1.86. The van der Waals surface area contributed by atoms with Crippen LogP contribution in [0.1, 0.15) is 17.5 Å². The minimum absolute atomic E-state index is 0.0456. The molecular formula is C13H12F3N3OS. The molecule has 1 saturated heterocycles. The van der Waals surface area contributed by atoms with Gasteiger partial charge in [0.1, 0.15) is 0 Å². The smallest absolute Gasteiger partial charge is 0.337 e. The van der Waals surface area contributed by atoms with E-state index in [0.29, 0.717) is 11.5 Å². The zero-order valence-corrected chi connectivity index (χ0v) is 11.7. The summed E-state index contributed by atoms with van der Waals surface area (Å²) in [7, 11) is 0. The Morgan fingerprint density at radius 2 is 2.19 bits per heavy atom. The highest BCUT2D eigenvalue weighted by Gasteiger charge is 2.31. The van der Waals surface area contributed by atoms with E-state index in [-0.39, 0.29) is 11.9 Å². The zero-order valence-electron chi connectivity index (χ0n) is 10.9. The SMILES string of the molecule is FC(F)(F)c1cccc(-c2noc(C3CSCCN3)n2)c1. The molecule has 1 aromatic heterocycles. The molecule has 4 nitrogen and oxygen atoms in total. The summed E-state index contributed by atoms with van der Waals surface area (Å²) in [6, 6.07) is 4.87. The molecule has 0 bridgehead atoms. The third-order valence-electron chi connectivity index (χ3n) is 3.11. The second kappa shape index (κ2) is 5.69. The zero-order chi connectivity index (χ0) is 14.9. The topological polar surface area (TPSA) is 51.0 Å². The van der Waals surface area contributed by atoms with Crippen molar-refractivity contribution in [1.82, 2.24) is 15.5 Å². The Kier molecular flexibility index (Phi) is 3.90. The third-order valence-corrected chi connectivity index (χ3v) is 4.17. The van der Waals surface area contributed by atoms with Crippen molar-refractivity contribution < 1.29 is 17.7 Å². The summed E-state index contributed by atoms with van der Waals surface area (Å²) in [5.41, 5.74) is -0.430. The van der Waals surface area contributed by atoms with Crippen LogP contribution >= 0.6 is 11.8 Å². The molecule has 1 N–H and O–H groups in total. The van der Waals surface area contributed by atoms with E-state index in [1.165, 1.54) is 12.1 Å². The molecule has 0 saturated carbocycles. The van der Waals surface area contributed by atoms with E-state index in [0.717, 1.165) is 30.2 Å². The fraction of sp³-hybridized carbons (Fsp3) is 0.385. The Labute approximate surface area is 123 Å². The number of hydrogen-bond donors (Lipinski definition) is 1. The van der Waals surface area contributed by atoms with Crippen LogP contribution in [0.2, 0.25) is 0 Å². The van der Waals surface area contributed by atoms with Gasteiger partial charge >= 0.3 is 6.18 Å². The molecule has 1 aromatic carbocycles. The minimum atomic E-state index is -4.38. The number of thioether (sulfide) groups is 1. The molecule has 2 heterocycles. The first kappa shape index (κ1) is 14.4. The Bertz CT molecular complexity index is 623. The van der Waals surface area contributed by atoms with Gasteiger partial charge in [0.2, 0.25) is 11.7 Å². The van der Waals surface area contributed by atoms with E-state index in [1.54, 1.807) is 11.8 Å². The summed E-state index contributed by atoms with van der Waals surface area (Å²) in [6.07, 6.45) is -4.38. The second-order valence-electron chi connectivity index (χ2n) is 4.62. The van der Waals surface area contributed by atoms with Crippen molar-refractivity contribution in [2.24, 2.45) is 0 Å². The van der Waals surface area contributed by atoms with Crippen LogP contribution in [-0.2, 0) is 6.18 Å². The third kappa shape index (κ3) is 3.21. The molecule has 21 heavy (non-hydrogen) atoms. The van der Waals surface area contributed by atoms with Crippen LogP contribution < -0.4 is 5.32 Å². The van der Waals surface area contributed by atoms with Gasteiger partial charge in [-0.05, 0) is 12.1 Å². The molecular weight excluding hydrogens is 303 g/mol. The van der Waals surface area contributed by atoms with Crippen molar-refractivity contribution in [3.63, 3.8) is 0 Å². The summed E-state index contributed by atoms with van der Waals surface area (Å²) in [4.78, 5) is 4.21. The lowest BCUT2D eigenvalue weighted by atomic mass is 10.1. The van der Waals surface area contributed by atoms with E-state index in [4.69, 9.17) is 4.52 Å². The van der Waals surface area contributed by atoms with Crippen molar-refractivity contribution in [3.8, 4) is 11.4 Å². The van der Waals surface area contributed by atoms with Crippen LogP contribution in [-0.4, -0.2) is 28.2 Å². The molecule has 0 spiro atoms. The number of benzene rings is 1. The van der Waals surface area contributed by atoms with Crippen molar-refractivity contribution in [2.75, 3.05) is 18.1 Å². The molecule has 0 radical (unpaired) electrons. The van der Waals surface area contributed by atoms with Gasteiger partial charge < -0.3 is 9.84 Å². The average Bonchev–Trinajstić information content (AvgIpc) is 2.97. The van der Waals surface area contributed by atoms with Crippen molar-refractivity contribution >= 4 is 11.8 Å². The van der Waals surface area contributed by atoms with Gasteiger partial charge in [0.25, 0.3) is 0 Å². The normalized spacial score (nSPS) is 19.7. The van der Waals surface area contributed by atoms with Crippen LogP contribution in [0, 0.1) is 0 Å². The molecule has 3 rings (SSSR count). The molecule has 1 unspecified atom stereocenters. The van der Waals surface area contributed by atoms with Crippen LogP contribution in [0.5, 0.6) is 0 Å². The first-order valence-corrected chi connectivity index (χ1v) is 7.52. The van der Waals surface area contributed by atoms with E-state index in [9.17, 15) is 13.2 Å². The highest BCUT2D eigenvalue weighted by molar-refractivity contribution is 7.99. The Morgan fingerprint density at radius 1 is 1.33 bits per heavy atom. The Hall–Kier alpha value is -1.54. The maximum Gasteiger partial charge on any atom is 0.416 e. The molecule has 112 valence electrons. The molecule has 0 aliphatic carbocycles. The van der Waals surface area contributed by atoms with Gasteiger partial charge in [-0.25, -0.2) is 0 Å². The number of nitrogens with zero attached hydrogens (tertiary/aromatic N) is 2. The molecule has 1 atom stereocenters. The maximum atomic E-state index is 12.7. The number of halogens is 3. The standard InChI is InChI=1S/C13H12F3N3OS/c14-13(15,16)9-3-1-2-8(6-9)11-18-12(20-19-11)10-7-21-5-4-17-10/h1-3,6,10,17H,4-5,7H2. The van der Waals surface area contributed by atoms with Gasteiger partial charge in [0.05, 0.1) is 11.6 Å². The molecule has 1 fully saturated rings. The van der Waals surface area contributed by atoms with E-state index >= 15 is 0 Å². The van der Waals surface area contributed by atoms with Gasteiger partial charge in [0.15, 0.2) is 0 Å². The summed E-state index contributed by atoms with van der Waals surface area (Å²) in [5.74, 6) is 2.41. The number of rotatable bonds is 2. The lowest BCUT2D eigenvalue weighted by molar-refractivity contribution is -0.137. The van der Waals surface area contributed by atoms with Crippen molar-refractivity contribution in [3.05, 3.63) is 35.7 Å². The van der Waals surface area contributed by atoms with E-state index < -0.39 is 11.7 Å². The van der Waals surface area contributed by atoms with E-state index in [2.05, 4.69) is 15.5 Å². The fourth-order valence-electron chi connectivity index (χ4n) is 2.05. The predicted octanol–water partition coefficient (Wildman–Crippen LogP) is 3.13. The number of aromatic nitrogens is 2. The van der Waals surface area contributed by atoms with Gasteiger partial charge in [0, 0.05) is 23.6 Å². The number of hydrogen-bond acceptors (Lipinski definition) is 5.